The molecule has 1 aliphatic rings. The number of anilines is 1. The number of hydrogen-bond acceptors (Lipinski definition) is 4. The number of thiophene rings is 1. The zero-order chi connectivity index (χ0) is 15.5. The van der Waals surface area contributed by atoms with E-state index in [0.29, 0.717) is 10.7 Å². The maximum atomic E-state index is 12.1. The molecule has 0 aliphatic heterocycles. The van der Waals surface area contributed by atoms with Crippen molar-refractivity contribution < 1.29 is 9.59 Å². The minimum Gasteiger partial charge on any atom is -0.342 e. The van der Waals surface area contributed by atoms with E-state index in [4.69, 9.17) is 0 Å². The number of rotatable bonds is 4. The van der Waals surface area contributed by atoms with Gasteiger partial charge in [0.05, 0.1) is 11.4 Å². The van der Waals surface area contributed by atoms with Crippen molar-refractivity contribution in [3.63, 3.8) is 0 Å². The molecule has 22 heavy (non-hydrogen) atoms. The number of aromatic amines is 1. The molecule has 6 nitrogen and oxygen atoms in total. The van der Waals surface area contributed by atoms with E-state index in [2.05, 4.69) is 20.8 Å². The molecule has 1 aliphatic carbocycles. The Labute approximate surface area is 132 Å². The van der Waals surface area contributed by atoms with Crippen LogP contribution in [-0.2, 0) is 17.6 Å². The van der Waals surface area contributed by atoms with Gasteiger partial charge in [-0.05, 0) is 44.2 Å². The number of carbonyl (C=O) groups excluding carboxylic acids is 2. The van der Waals surface area contributed by atoms with Crippen molar-refractivity contribution in [3.8, 4) is 0 Å². The lowest BCUT2D eigenvalue weighted by Gasteiger charge is -2.08. The van der Waals surface area contributed by atoms with Crippen molar-refractivity contribution in [1.82, 2.24) is 15.5 Å². The predicted molar refractivity (Wildman–Crippen MR) is 85.2 cm³/mol. The highest BCUT2D eigenvalue weighted by atomic mass is 32.1. The fraction of sp³-hybridized carbons (Fsp3) is 0.400. The summed E-state index contributed by atoms with van der Waals surface area (Å²) in [7, 11) is 0. The van der Waals surface area contributed by atoms with E-state index in [1.807, 2.05) is 13.0 Å². The Morgan fingerprint density at radius 1 is 1.32 bits per heavy atom. The molecule has 2 aromatic rings. The number of carbonyl (C=O) groups is 2. The van der Waals surface area contributed by atoms with Crippen LogP contribution in [0.4, 0.5) is 5.82 Å². The summed E-state index contributed by atoms with van der Waals surface area (Å²) in [6.07, 6.45) is 4.50. The molecule has 0 unspecified atom stereocenters. The van der Waals surface area contributed by atoms with Crippen LogP contribution in [0.1, 0.15) is 38.6 Å². The Balaban J connectivity index is 1.53. The lowest BCUT2D eigenvalue weighted by atomic mass is 9.99. The van der Waals surface area contributed by atoms with Gasteiger partial charge in [0, 0.05) is 16.6 Å². The summed E-state index contributed by atoms with van der Waals surface area (Å²) < 4.78 is 0. The van der Waals surface area contributed by atoms with Gasteiger partial charge in [-0.3, -0.25) is 14.7 Å². The standard InChI is InChI=1S/C15H18N4O2S/c1-9-6-13(19-18-9)17-14(20)8-16-15(21)12-7-10-4-2-3-5-11(10)22-12/h6-7H,2-5,8H2,1H3,(H,16,21)(H2,17,18,19,20). The second-order valence-corrected chi connectivity index (χ2v) is 6.57. The highest BCUT2D eigenvalue weighted by Gasteiger charge is 2.17. The molecule has 3 rings (SSSR count). The minimum absolute atomic E-state index is 0.0622. The Kier molecular flexibility index (Phi) is 4.24. The predicted octanol–water partition coefficient (Wildman–Crippen LogP) is 2.03. The van der Waals surface area contributed by atoms with Crippen molar-refractivity contribution in [1.29, 1.82) is 0 Å². The molecule has 2 heterocycles. The molecule has 2 aromatic heterocycles. The average Bonchev–Trinajstić information content (AvgIpc) is 3.10. The van der Waals surface area contributed by atoms with E-state index >= 15 is 0 Å². The van der Waals surface area contributed by atoms with Gasteiger partial charge in [-0.1, -0.05) is 0 Å². The number of amides is 2. The Morgan fingerprint density at radius 3 is 2.86 bits per heavy atom. The van der Waals surface area contributed by atoms with Gasteiger partial charge in [-0.15, -0.1) is 11.3 Å². The topological polar surface area (TPSA) is 86.9 Å². The molecule has 7 heteroatoms. The van der Waals surface area contributed by atoms with Crippen molar-refractivity contribution in [2.45, 2.75) is 32.6 Å². The number of aryl methyl sites for hydroxylation is 3. The first-order valence-corrected chi connectivity index (χ1v) is 8.15. The average molecular weight is 318 g/mol. The SMILES string of the molecule is Cc1cc(NC(=O)CNC(=O)c2cc3c(s2)CCCC3)n[nH]1. The first-order chi connectivity index (χ1) is 10.6. The molecule has 0 aromatic carbocycles. The second kappa shape index (κ2) is 6.31. The van der Waals surface area contributed by atoms with Crippen LogP contribution < -0.4 is 10.6 Å². The summed E-state index contributed by atoms with van der Waals surface area (Å²) in [6.45, 7) is 1.79. The van der Waals surface area contributed by atoms with Gasteiger partial charge >= 0.3 is 0 Å². The Morgan fingerprint density at radius 2 is 2.14 bits per heavy atom. The van der Waals surface area contributed by atoms with E-state index in [1.165, 1.54) is 23.3 Å². The maximum absolute atomic E-state index is 12.1. The molecular formula is C15H18N4O2S. The minimum atomic E-state index is -0.291. The van der Waals surface area contributed by atoms with Gasteiger partial charge in [0.2, 0.25) is 5.91 Å². The van der Waals surface area contributed by atoms with E-state index in [9.17, 15) is 9.59 Å². The molecule has 0 saturated heterocycles. The van der Waals surface area contributed by atoms with Crippen molar-refractivity contribution in [3.05, 3.63) is 33.1 Å². The third-order valence-electron chi connectivity index (χ3n) is 3.60. The number of nitrogens with one attached hydrogen (secondary N) is 3. The number of nitrogens with zero attached hydrogens (tertiary/aromatic N) is 1. The zero-order valence-electron chi connectivity index (χ0n) is 12.4. The maximum Gasteiger partial charge on any atom is 0.261 e. The highest BCUT2D eigenvalue weighted by molar-refractivity contribution is 7.14. The lowest BCUT2D eigenvalue weighted by molar-refractivity contribution is -0.115. The van der Waals surface area contributed by atoms with Gasteiger partial charge in [0.15, 0.2) is 5.82 Å². The van der Waals surface area contributed by atoms with Crippen LogP contribution in [0, 0.1) is 6.92 Å². The summed E-state index contributed by atoms with van der Waals surface area (Å²) in [5, 5.41) is 11.9. The third kappa shape index (κ3) is 3.36. The van der Waals surface area contributed by atoms with Crippen LogP contribution >= 0.6 is 11.3 Å². The van der Waals surface area contributed by atoms with Gasteiger partial charge < -0.3 is 10.6 Å². The van der Waals surface area contributed by atoms with Crippen molar-refractivity contribution in [2.75, 3.05) is 11.9 Å². The lowest BCUT2D eigenvalue weighted by Crippen LogP contribution is -2.32. The smallest absolute Gasteiger partial charge is 0.261 e. The first kappa shape index (κ1) is 14.8. The van der Waals surface area contributed by atoms with E-state index < -0.39 is 0 Å². The molecule has 0 radical (unpaired) electrons. The van der Waals surface area contributed by atoms with Crippen LogP contribution in [0.15, 0.2) is 12.1 Å². The second-order valence-electron chi connectivity index (χ2n) is 5.43. The fourth-order valence-electron chi connectivity index (χ4n) is 2.52. The summed E-state index contributed by atoms with van der Waals surface area (Å²) in [4.78, 5) is 25.9. The monoisotopic (exact) mass is 318 g/mol. The Bertz CT molecular complexity index is 681. The number of aromatic nitrogens is 2. The summed E-state index contributed by atoms with van der Waals surface area (Å²) in [5.41, 5.74) is 2.15. The molecule has 0 spiro atoms. The van der Waals surface area contributed by atoms with Gasteiger partial charge in [0.1, 0.15) is 0 Å². The quantitative estimate of drug-likeness (QED) is 0.806. The van der Waals surface area contributed by atoms with E-state index in [-0.39, 0.29) is 18.4 Å². The third-order valence-corrected chi connectivity index (χ3v) is 4.84. The van der Waals surface area contributed by atoms with Gasteiger partial charge in [0.25, 0.3) is 5.91 Å². The molecule has 0 fully saturated rings. The molecule has 2 amide bonds. The molecule has 116 valence electrons. The highest BCUT2D eigenvalue weighted by Crippen LogP contribution is 2.29. The number of hydrogen-bond donors (Lipinski definition) is 3. The summed E-state index contributed by atoms with van der Waals surface area (Å²) in [5.74, 6) is -0.0164. The summed E-state index contributed by atoms with van der Waals surface area (Å²) in [6, 6.07) is 3.69. The largest absolute Gasteiger partial charge is 0.342 e. The van der Waals surface area contributed by atoms with Crippen LogP contribution in [0.25, 0.3) is 0 Å². The van der Waals surface area contributed by atoms with Crippen LogP contribution in [0.3, 0.4) is 0 Å². The van der Waals surface area contributed by atoms with Gasteiger partial charge in [-0.25, -0.2) is 0 Å². The van der Waals surface area contributed by atoms with Crippen LogP contribution in [0.2, 0.25) is 0 Å². The number of fused-ring (bicyclic) bond motifs is 1. The van der Waals surface area contributed by atoms with Crippen molar-refractivity contribution >= 4 is 29.0 Å². The fourth-order valence-corrected chi connectivity index (χ4v) is 3.69. The van der Waals surface area contributed by atoms with E-state index in [0.717, 1.165) is 18.5 Å². The number of H-pyrrole nitrogens is 1. The normalized spacial score (nSPS) is 13.5. The van der Waals surface area contributed by atoms with E-state index in [1.54, 1.807) is 17.4 Å². The van der Waals surface area contributed by atoms with Crippen LogP contribution in [0.5, 0.6) is 0 Å². The molecule has 0 bridgehead atoms. The molecule has 3 N–H and O–H groups in total. The molecular weight excluding hydrogens is 300 g/mol. The summed E-state index contributed by atoms with van der Waals surface area (Å²) >= 11 is 1.54. The van der Waals surface area contributed by atoms with Gasteiger partial charge in [-0.2, -0.15) is 5.10 Å². The molecule has 0 atom stereocenters. The zero-order valence-corrected chi connectivity index (χ0v) is 13.2. The Hall–Kier alpha value is -2.15. The van der Waals surface area contributed by atoms with Crippen molar-refractivity contribution in [2.24, 2.45) is 0 Å². The first-order valence-electron chi connectivity index (χ1n) is 7.33. The molecule has 0 saturated carbocycles. The van der Waals surface area contributed by atoms with Crippen LogP contribution in [-0.4, -0.2) is 28.6 Å².